The van der Waals surface area contributed by atoms with Gasteiger partial charge >= 0.3 is 0 Å². The molecule has 1 amide bonds. The molecule has 0 unspecified atom stereocenters. The average Bonchev–Trinajstić information content (AvgIpc) is 2.69. The SMILES string of the molecule is Cc1ccc(C(=O)CCCN2CCC(NC(=O)c3cccc(F)c3)CC2)cc1. The van der Waals surface area contributed by atoms with E-state index < -0.39 is 5.82 Å². The highest BCUT2D eigenvalue weighted by atomic mass is 19.1. The summed E-state index contributed by atoms with van der Waals surface area (Å²) in [7, 11) is 0. The smallest absolute Gasteiger partial charge is 0.251 e. The number of carbonyl (C=O) groups excluding carboxylic acids is 2. The minimum absolute atomic E-state index is 0.112. The summed E-state index contributed by atoms with van der Waals surface area (Å²) in [5.41, 5.74) is 2.30. The van der Waals surface area contributed by atoms with E-state index in [-0.39, 0.29) is 17.7 Å². The first-order chi connectivity index (χ1) is 13.5. The quantitative estimate of drug-likeness (QED) is 0.737. The van der Waals surface area contributed by atoms with Crippen LogP contribution < -0.4 is 5.32 Å². The van der Waals surface area contributed by atoms with E-state index in [0.29, 0.717) is 12.0 Å². The fourth-order valence-corrected chi connectivity index (χ4v) is 3.55. The number of nitrogens with zero attached hydrogens (tertiary/aromatic N) is 1. The Balaban J connectivity index is 1.36. The monoisotopic (exact) mass is 382 g/mol. The van der Waals surface area contributed by atoms with Gasteiger partial charge in [-0.2, -0.15) is 0 Å². The number of nitrogens with one attached hydrogen (secondary N) is 1. The van der Waals surface area contributed by atoms with Crippen molar-refractivity contribution in [2.24, 2.45) is 0 Å². The molecule has 1 N–H and O–H groups in total. The second-order valence-corrected chi connectivity index (χ2v) is 7.49. The van der Waals surface area contributed by atoms with Crippen molar-refractivity contribution in [1.82, 2.24) is 10.2 Å². The third kappa shape index (κ3) is 5.73. The van der Waals surface area contributed by atoms with Crippen LogP contribution in [0.4, 0.5) is 4.39 Å². The molecule has 0 aromatic heterocycles. The molecular weight excluding hydrogens is 355 g/mol. The van der Waals surface area contributed by atoms with Crippen molar-refractivity contribution in [3.8, 4) is 0 Å². The number of Topliss-reactive ketones (excluding diaryl/α,β-unsaturated/α-hetero) is 1. The molecule has 0 saturated carbocycles. The minimum Gasteiger partial charge on any atom is -0.349 e. The summed E-state index contributed by atoms with van der Waals surface area (Å²) < 4.78 is 13.2. The summed E-state index contributed by atoms with van der Waals surface area (Å²) in [5, 5.41) is 3.00. The van der Waals surface area contributed by atoms with Crippen molar-refractivity contribution in [2.45, 2.75) is 38.6 Å². The Morgan fingerprint density at radius 1 is 1.07 bits per heavy atom. The molecule has 28 heavy (non-hydrogen) atoms. The zero-order valence-corrected chi connectivity index (χ0v) is 16.3. The van der Waals surface area contributed by atoms with Gasteiger partial charge in [0.25, 0.3) is 5.91 Å². The van der Waals surface area contributed by atoms with E-state index in [1.54, 1.807) is 12.1 Å². The van der Waals surface area contributed by atoms with Crippen molar-refractivity contribution in [1.29, 1.82) is 0 Å². The summed E-state index contributed by atoms with van der Waals surface area (Å²) in [6.07, 6.45) is 3.13. The molecular formula is C23H27FN2O2. The van der Waals surface area contributed by atoms with Gasteiger partial charge in [0.05, 0.1) is 0 Å². The maximum absolute atomic E-state index is 13.2. The molecule has 3 rings (SSSR count). The molecule has 0 radical (unpaired) electrons. The number of rotatable bonds is 7. The van der Waals surface area contributed by atoms with Gasteiger partial charge in [-0.25, -0.2) is 4.39 Å². The lowest BCUT2D eigenvalue weighted by Crippen LogP contribution is -2.44. The van der Waals surface area contributed by atoms with E-state index in [1.165, 1.54) is 12.1 Å². The van der Waals surface area contributed by atoms with Gasteiger partial charge in [0.15, 0.2) is 5.78 Å². The predicted molar refractivity (Wildman–Crippen MR) is 108 cm³/mol. The molecule has 0 atom stereocenters. The van der Waals surface area contributed by atoms with Crippen LogP contribution in [0.5, 0.6) is 0 Å². The highest BCUT2D eigenvalue weighted by Crippen LogP contribution is 2.14. The molecule has 0 bridgehead atoms. The maximum Gasteiger partial charge on any atom is 0.251 e. The number of piperidine rings is 1. The van der Waals surface area contributed by atoms with Gasteiger partial charge < -0.3 is 10.2 Å². The number of carbonyl (C=O) groups is 2. The van der Waals surface area contributed by atoms with Gasteiger partial charge in [-0.05, 0) is 50.9 Å². The first-order valence-electron chi connectivity index (χ1n) is 9.90. The molecule has 148 valence electrons. The number of halogens is 1. The molecule has 2 aromatic carbocycles. The lowest BCUT2D eigenvalue weighted by atomic mass is 10.0. The highest BCUT2D eigenvalue weighted by Gasteiger charge is 2.21. The van der Waals surface area contributed by atoms with Crippen LogP contribution in [-0.4, -0.2) is 42.3 Å². The third-order valence-electron chi connectivity index (χ3n) is 5.26. The van der Waals surface area contributed by atoms with Crippen molar-refractivity contribution >= 4 is 11.7 Å². The summed E-state index contributed by atoms with van der Waals surface area (Å²) in [6.45, 7) is 4.69. The fraction of sp³-hybridized carbons (Fsp3) is 0.391. The van der Waals surface area contributed by atoms with E-state index in [0.717, 1.165) is 50.0 Å². The van der Waals surface area contributed by atoms with Crippen molar-refractivity contribution < 1.29 is 14.0 Å². The van der Waals surface area contributed by atoms with Crippen LogP contribution in [0.2, 0.25) is 0 Å². The second kappa shape index (κ2) is 9.60. The lowest BCUT2D eigenvalue weighted by Gasteiger charge is -2.32. The van der Waals surface area contributed by atoms with Crippen LogP contribution in [-0.2, 0) is 0 Å². The molecule has 4 nitrogen and oxygen atoms in total. The molecule has 1 aliphatic rings. The van der Waals surface area contributed by atoms with Crippen LogP contribution >= 0.6 is 0 Å². The third-order valence-corrected chi connectivity index (χ3v) is 5.26. The highest BCUT2D eigenvalue weighted by molar-refractivity contribution is 5.96. The number of likely N-dealkylation sites (tertiary alicyclic amines) is 1. The Kier molecular flexibility index (Phi) is 6.93. The van der Waals surface area contributed by atoms with E-state index >= 15 is 0 Å². The molecule has 5 heteroatoms. The maximum atomic E-state index is 13.2. The molecule has 1 fully saturated rings. The summed E-state index contributed by atoms with van der Waals surface area (Å²) in [5.74, 6) is -0.429. The number of benzene rings is 2. The topological polar surface area (TPSA) is 49.4 Å². The molecule has 2 aromatic rings. The first kappa shape index (κ1) is 20.2. The number of ketones is 1. The van der Waals surface area contributed by atoms with Gasteiger partial charge in [0.1, 0.15) is 5.82 Å². The van der Waals surface area contributed by atoms with Gasteiger partial charge in [-0.3, -0.25) is 9.59 Å². The Labute approximate surface area is 165 Å². The van der Waals surface area contributed by atoms with Crippen LogP contribution in [0.1, 0.15) is 52.0 Å². The Morgan fingerprint density at radius 2 is 1.79 bits per heavy atom. The molecule has 1 heterocycles. The average molecular weight is 382 g/mol. The van der Waals surface area contributed by atoms with Crippen LogP contribution in [0.25, 0.3) is 0 Å². The summed E-state index contributed by atoms with van der Waals surface area (Å²) >= 11 is 0. The molecule has 0 spiro atoms. The van der Waals surface area contributed by atoms with E-state index in [1.807, 2.05) is 31.2 Å². The molecule has 0 aliphatic carbocycles. The van der Waals surface area contributed by atoms with E-state index in [4.69, 9.17) is 0 Å². The zero-order valence-electron chi connectivity index (χ0n) is 16.3. The van der Waals surface area contributed by atoms with Gasteiger partial charge in [0, 0.05) is 36.7 Å². The Hall–Kier alpha value is -2.53. The summed E-state index contributed by atoms with van der Waals surface area (Å²) in [6, 6.07) is 13.6. The Bertz CT molecular complexity index is 812. The van der Waals surface area contributed by atoms with Crippen LogP contribution in [0.3, 0.4) is 0 Å². The van der Waals surface area contributed by atoms with Gasteiger partial charge in [-0.15, -0.1) is 0 Å². The number of hydrogen-bond donors (Lipinski definition) is 1. The lowest BCUT2D eigenvalue weighted by molar-refractivity contribution is 0.0902. The zero-order chi connectivity index (χ0) is 19.9. The number of hydrogen-bond acceptors (Lipinski definition) is 3. The number of amides is 1. The summed E-state index contributed by atoms with van der Waals surface area (Å²) in [4.78, 5) is 26.8. The van der Waals surface area contributed by atoms with Crippen molar-refractivity contribution in [2.75, 3.05) is 19.6 Å². The van der Waals surface area contributed by atoms with Crippen molar-refractivity contribution in [3.63, 3.8) is 0 Å². The fourth-order valence-electron chi connectivity index (χ4n) is 3.55. The Morgan fingerprint density at radius 3 is 2.46 bits per heavy atom. The predicted octanol–water partition coefficient (Wildman–Crippen LogP) is 3.99. The van der Waals surface area contributed by atoms with E-state index in [9.17, 15) is 14.0 Å². The second-order valence-electron chi connectivity index (χ2n) is 7.49. The van der Waals surface area contributed by atoms with Gasteiger partial charge in [-0.1, -0.05) is 35.9 Å². The normalized spacial score (nSPS) is 15.4. The van der Waals surface area contributed by atoms with Crippen LogP contribution in [0, 0.1) is 12.7 Å². The molecule has 1 saturated heterocycles. The molecule has 1 aliphatic heterocycles. The van der Waals surface area contributed by atoms with Crippen molar-refractivity contribution in [3.05, 3.63) is 71.0 Å². The first-order valence-corrected chi connectivity index (χ1v) is 9.90. The van der Waals surface area contributed by atoms with E-state index in [2.05, 4.69) is 10.2 Å². The largest absolute Gasteiger partial charge is 0.349 e. The van der Waals surface area contributed by atoms with Crippen LogP contribution in [0.15, 0.2) is 48.5 Å². The standard InChI is InChI=1S/C23H27FN2O2/c1-17-7-9-18(10-8-17)22(27)6-3-13-26-14-11-21(12-15-26)25-23(28)19-4-2-5-20(24)16-19/h2,4-5,7-10,16,21H,3,6,11-15H2,1H3,(H,25,28). The minimum atomic E-state index is -0.400. The number of aryl methyl sites for hydroxylation is 1. The van der Waals surface area contributed by atoms with Gasteiger partial charge in [0.2, 0.25) is 0 Å².